The number of aliphatic carboxylic acids is 8. The van der Waals surface area contributed by atoms with Gasteiger partial charge in [-0.3, -0.25) is 83.2 Å². The molecular weight excluding hydrogens is 1420 g/mol. The molecule has 0 aliphatic heterocycles. The topological polar surface area (TPSA) is 454 Å². The van der Waals surface area contributed by atoms with E-state index in [1.807, 2.05) is 128 Å². The highest BCUT2D eigenvalue weighted by molar-refractivity contribution is 6.02. The van der Waals surface area contributed by atoms with E-state index in [9.17, 15) is 63.9 Å². The lowest BCUT2D eigenvalue weighted by Crippen LogP contribution is -2.63. The maximum absolute atomic E-state index is 11.9. The SMILES string of the molecule is CCN(CC(=O)O)C1CCCCC1N(CC(=O)O)C1CCCCC1N(CCOO)CC(=O)O.CCN(CC(=O)O)Cc1ccc2ccc3ccc(CN(CC(=O)O)CC(=O)O)nc3c2n1.CCN(CC(=O)O)Cc1cccc(-c2cc(-c3ccc(OC)cc3)cc(-c3cccc(CN(CCOO)CC(=O)O)n3)n2)n1. The number of rotatable bonds is 41. The maximum Gasteiger partial charge on any atom is 0.317 e. The Labute approximate surface area is 630 Å². The molecule has 10 N–H and O–H groups in total. The Morgan fingerprint density at radius 1 is 0.376 bits per heavy atom. The van der Waals surface area contributed by atoms with Gasteiger partial charge in [-0.1, -0.05) is 95.0 Å². The van der Waals surface area contributed by atoms with Gasteiger partial charge in [0.2, 0.25) is 0 Å². The molecule has 4 unspecified atom stereocenters. The minimum atomic E-state index is -1.12. The number of carboxylic acids is 8. The van der Waals surface area contributed by atoms with Crippen molar-refractivity contribution in [2.45, 2.75) is 122 Å². The monoisotopic (exact) mass is 1510 g/mol. The van der Waals surface area contributed by atoms with Crippen LogP contribution >= 0.6 is 0 Å². The van der Waals surface area contributed by atoms with E-state index >= 15 is 0 Å². The number of carboxylic acid groups (broad SMARTS) is 8. The van der Waals surface area contributed by atoms with Crippen LogP contribution in [0.3, 0.4) is 0 Å². The molecule has 0 bridgehead atoms. The van der Waals surface area contributed by atoms with Gasteiger partial charge >= 0.3 is 47.8 Å². The van der Waals surface area contributed by atoms with Gasteiger partial charge in [0.25, 0.3) is 0 Å². The predicted molar refractivity (Wildman–Crippen MR) is 398 cm³/mol. The molecule has 0 amide bonds. The van der Waals surface area contributed by atoms with Gasteiger partial charge in [0, 0.05) is 74.2 Å². The summed E-state index contributed by atoms with van der Waals surface area (Å²) >= 11 is 0. The summed E-state index contributed by atoms with van der Waals surface area (Å²) in [6.07, 6.45) is 6.77. The van der Waals surface area contributed by atoms with E-state index in [1.54, 1.807) is 38.8 Å². The van der Waals surface area contributed by atoms with Gasteiger partial charge in [0.15, 0.2) is 0 Å². The summed E-state index contributed by atoms with van der Waals surface area (Å²) in [4.78, 5) is 135. The molecule has 33 heteroatoms. The number of pyridine rings is 5. The van der Waals surface area contributed by atoms with Crippen molar-refractivity contribution < 1.29 is 104 Å². The van der Waals surface area contributed by atoms with E-state index in [2.05, 4.69) is 14.8 Å². The lowest BCUT2D eigenvalue weighted by atomic mass is 9.82. The first kappa shape index (κ1) is 86.1. The summed E-state index contributed by atoms with van der Waals surface area (Å²) in [5.74, 6) is -7.16. The molecule has 5 heterocycles. The number of hydrogen-bond donors (Lipinski definition) is 10. The fraction of sp³-hybridized carbons (Fsp3) is 0.461. The Hall–Kier alpha value is -10.2. The average Bonchev–Trinajstić information content (AvgIpc) is 0.795. The largest absolute Gasteiger partial charge is 0.497 e. The molecule has 2 aliphatic rings. The van der Waals surface area contributed by atoms with Crippen LogP contribution in [0.2, 0.25) is 0 Å². The van der Waals surface area contributed by atoms with Gasteiger partial charge in [-0.2, -0.15) is 0 Å². The predicted octanol–water partition coefficient (Wildman–Crippen LogP) is 7.10. The van der Waals surface area contributed by atoms with Crippen molar-refractivity contribution in [1.29, 1.82) is 0 Å². The molecule has 2 fully saturated rings. The summed E-state index contributed by atoms with van der Waals surface area (Å²) in [7, 11) is 1.61. The zero-order chi connectivity index (χ0) is 79.1. The second-order valence-corrected chi connectivity index (χ2v) is 26.5. The number of fused-ring (bicyclic) bond motifs is 3. The molecule has 5 aromatic heterocycles. The Bertz CT molecular complexity index is 4160. The Balaban J connectivity index is 0.000000232. The molecule has 33 nitrogen and oxygen atoms in total. The quantitative estimate of drug-likeness (QED) is 0.0104. The summed E-state index contributed by atoms with van der Waals surface area (Å²) in [6.45, 7) is 7.03. The fourth-order valence-electron chi connectivity index (χ4n) is 13.9. The van der Waals surface area contributed by atoms with Crippen LogP contribution in [0, 0.1) is 0 Å². The Morgan fingerprint density at radius 2 is 0.752 bits per heavy atom. The first-order valence-corrected chi connectivity index (χ1v) is 36.0. The molecule has 0 saturated heterocycles. The number of aromatic nitrogens is 5. The maximum atomic E-state index is 11.9. The van der Waals surface area contributed by atoms with Crippen LogP contribution in [-0.2, 0) is 74.3 Å². The molecule has 7 aromatic rings. The van der Waals surface area contributed by atoms with Crippen LogP contribution in [-0.4, -0.2) is 288 Å². The third-order valence-electron chi connectivity index (χ3n) is 18.8. The molecule has 2 aromatic carbocycles. The van der Waals surface area contributed by atoms with Gasteiger partial charge < -0.3 is 45.6 Å². The van der Waals surface area contributed by atoms with Gasteiger partial charge in [-0.15, -0.1) is 0 Å². The molecule has 0 radical (unpaired) electrons. The smallest absolute Gasteiger partial charge is 0.317 e. The minimum absolute atomic E-state index is 0.0380. The average molecular weight is 1520 g/mol. The molecule has 4 atom stereocenters. The standard InChI is InChI=1S/C32H35N5O7.C22H24N4O6.C22H39N3O8/c1-3-36(20-31(38)39)18-24-6-4-8-27(33-24)29-16-23(22-10-12-26(43-2)13-11-22)17-30(35-29)28-9-5-7-25(34-28)19-37(14-15-44-42)21-32(40)41;1-2-25(11-18(27)28)9-16-7-5-14-3-4-15-6-8-17(24-22(15)21(14)23-16)10-26(12-19(29)30)13-20(31)32;1-2-23(13-20(26)27)16-7-3-5-9-18(16)25(15-22(30)31)19-10-6-4-8-17(19)24(11-12-33-32)14-21(28)29/h4-13,16-17,42H,3,14-15,18-21H2,1-2H3,(H,38,39)(H,40,41);3-8H,2,9-13H2,1H3,(H,27,28)(H,29,30)(H,31,32);16-19,32H,2-15H2,1H3,(H,26,27)(H,28,29)(H,30,31). The Morgan fingerprint density at radius 3 is 1.17 bits per heavy atom. The van der Waals surface area contributed by atoms with Crippen LogP contribution in [0.5, 0.6) is 5.75 Å². The second kappa shape index (κ2) is 43.7. The van der Waals surface area contributed by atoms with Crippen LogP contribution in [0.15, 0.2) is 109 Å². The van der Waals surface area contributed by atoms with Crippen molar-refractivity contribution in [2.24, 2.45) is 0 Å². The highest BCUT2D eigenvalue weighted by Crippen LogP contribution is 2.36. The number of likely N-dealkylation sites (N-methyl/N-ethyl adjacent to an activating group) is 3. The number of hydrogen-bond acceptors (Lipinski definition) is 25. The van der Waals surface area contributed by atoms with Crippen LogP contribution in [0.1, 0.15) is 94.9 Å². The third-order valence-corrected chi connectivity index (χ3v) is 18.8. The van der Waals surface area contributed by atoms with Gasteiger partial charge in [-0.25, -0.2) is 34.7 Å². The number of benzene rings is 2. The van der Waals surface area contributed by atoms with E-state index in [0.717, 1.165) is 79.0 Å². The fourth-order valence-corrected chi connectivity index (χ4v) is 13.9. The van der Waals surface area contributed by atoms with E-state index in [0.29, 0.717) is 89.3 Å². The number of carbonyl (C=O) groups is 8. The zero-order valence-corrected chi connectivity index (χ0v) is 61.6. The molecule has 2 aliphatic carbocycles. The van der Waals surface area contributed by atoms with E-state index in [1.165, 1.54) is 4.90 Å². The van der Waals surface area contributed by atoms with Crippen molar-refractivity contribution in [2.75, 3.05) is 105 Å². The summed E-state index contributed by atoms with van der Waals surface area (Å²) in [5.41, 5.74) is 8.06. The van der Waals surface area contributed by atoms with Crippen molar-refractivity contribution in [3.63, 3.8) is 0 Å². The summed E-state index contributed by atoms with van der Waals surface area (Å²) in [6, 6.07) is 33.2. The van der Waals surface area contributed by atoms with Crippen LogP contribution in [0.4, 0.5) is 0 Å². The minimum Gasteiger partial charge on any atom is -0.497 e. The normalized spacial score (nSPS) is 15.8. The summed E-state index contributed by atoms with van der Waals surface area (Å²) < 4.78 is 5.33. The highest BCUT2D eigenvalue weighted by atomic mass is 17.1. The van der Waals surface area contributed by atoms with E-state index in [4.69, 9.17) is 50.5 Å². The van der Waals surface area contributed by atoms with Gasteiger partial charge in [0.1, 0.15) is 5.75 Å². The molecule has 588 valence electrons. The molecule has 109 heavy (non-hydrogen) atoms. The molecule has 9 rings (SSSR count). The van der Waals surface area contributed by atoms with Gasteiger partial charge in [-0.05, 0) is 117 Å². The number of methoxy groups -OCH3 is 1. The Kier molecular flexibility index (Phi) is 34.5. The third kappa shape index (κ3) is 27.5. The number of nitrogens with zero attached hydrogens (tertiary/aromatic N) is 12. The number of ether oxygens (including phenoxy) is 1. The van der Waals surface area contributed by atoms with E-state index in [-0.39, 0.29) is 103 Å². The first-order valence-electron chi connectivity index (χ1n) is 36.0. The molecule has 2 saturated carbocycles. The van der Waals surface area contributed by atoms with E-state index < -0.39 is 60.8 Å². The molecular formula is C76H98N12O21. The zero-order valence-electron chi connectivity index (χ0n) is 61.6. The first-order chi connectivity index (χ1) is 52.3. The van der Waals surface area contributed by atoms with Crippen LogP contribution < -0.4 is 4.74 Å². The van der Waals surface area contributed by atoms with Crippen molar-refractivity contribution in [1.82, 2.24) is 59.2 Å². The summed E-state index contributed by atoms with van der Waals surface area (Å²) in [5, 5.41) is 93.6. The van der Waals surface area contributed by atoms with Crippen LogP contribution in [0.25, 0.3) is 55.7 Å². The lowest BCUT2D eigenvalue weighted by Gasteiger charge is -2.51. The lowest BCUT2D eigenvalue weighted by molar-refractivity contribution is -0.245. The van der Waals surface area contributed by atoms with Crippen molar-refractivity contribution >= 4 is 69.6 Å². The second-order valence-electron chi connectivity index (χ2n) is 26.5. The van der Waals surface area contributed by atoms with Gasteiger partial charge in [0.05, 0.1) is 129 Å². The van der Waals surface area contributed by atoms with Crippen molar-refractivity contribution in [3.8, 4) is 39.7 Å². The molecule has 0 spiro atoms. The van der Waals surface area contributed by atoms with Crippen molar-refractivity contribution in [3.05, 3.63) is 132 Å². The highest BCUT2D eigenvalue weighted by Gasteiger charge is 2.43.